The van der Waals surface area contributed by atoms with Gasteiger partial charge in [0.2, 0.25) is 0 Å². The molecular weight excluding hydrogens is 235 g/mol. The first-order valence-electron chi connectivity index (χ1n) is 3.06. The Morgan fingerprint density at radius 1 is 1.30 bits per heavy atom. The van der Waals surface area contributed by atoms with Crippen molar-refractivity contribution in [2.75, 3.05) is 6.61 Å². The SMILES string of the molecule is CC[O][Sn]([CH2]C#N)[CH2]C#N. The van der Waals surface area contributed by atoms with Gasteiger partial charge in [-0.1, -0.05) is 0 Å². The van der Waals surface area contributed by atoms with Gasteiger partial charge in [0.05, 0.1) is 0 Å². The van der Waals surface area contributed by atoms with Crippen molar-refractivity contribution in [1.82, 2.24) is 0 Å². The van der Waals surface area contributed by atoms with E-state index >= 15 is 0 Å². The quantitative estimate of drug-likeness (QED) is 0.694. The van der Waals surface area contributed by atoms with Crippen LogP contribution in [0.2, 0.25) is 8.87 Å². The molecule has 0 aromatic heterocycles. The molecule has 0 aromatic carbocycles. The van der Waals surface area contributed by atoms with Gasteiger partial charge in [0.1, 0.15) is 0 Å². The molecule has 53 valence electrons. The van der Waals surface area contributed by atoms with Gasteiger partial charge in [-0.05, 0) is 0 Å². The molecule has 0 bridgehead atoms. The third-order valence-electron chi connectivity index (χ3n) is 0.901. The van der Waals surface area contributed by atoms with Crippen LogP contribution in [0.15, 0.2) is 0 Å². The van der Waals surface area contributed by atoms with E-state index in [0.717, 1.165) is 0 Å². The van der Waals surface area contributed by atoms with Gasteiger partial charge in [-0.2, -0.15) is 0 Å². The molecule has 0 aromatic rings. The van der Waals surface area contributed by atoms with Crippen LogP contribution in [-0.4, -0.2) is 26.8 Å². The summed E-state index contributed by atoms with van der Waals surface area (Å²) in [5, 5.41) is 16.6. The molecule has 0 amide bonds. The van der Waals surface area contributed by atoms with Gasteiger partial charge in [0.25, 0.3) is 0 Å². The van der Waals surface area contributed by atoms with E-state index < -0.39 is 20.2 Å². The molecule has 0 heterocycles. The van der Waals surface area contributed by atoms with Crippen LogP contribution < -0.4 is 0 Å². The van der Waals surface area contributed by atoms with Crippen molar-refractivity contribution in [1.29, 1.82) is 10.5 Å². The molecule has 4 heteroatoms. The Bertz CT molecular complexity index is 142. The molecular formula is C6H9N2OSn. The third-order valence-corrected chi connectivity index (χ3v) is 6.04. The van der Waals surface area contributed by atoms with Gasteiger partial charge in [0.15, 0.2) is 0 Å². The topological polar surface area (TPSA) is 56.8 Å². The molecule has 0 aliphatic heterocycles. The molecule has 0 aliphatic rings. The minimum atomic E-state index is -1.98. The summed E-state index contributed by atoms with van der Waals surface area (Å²) in [5.41, 5.74) is 0. The molecule has 0 aliphatic carbocycles. The Labute approximate surface area is 68.5 Å². The molecule has 0 rings (SSSR count). The molecule has 1 radical (unpaired) electrons. The summed E-state index contributed by atoms with van der Waals surface area (Å²) in [4.78, 5) is 0. The Morgan fingerprint density at radius 2 is 1.80 bits per heavy atom. The van der Waals surface area contributed by atoms with E-state index in [2.05, 4.69) is 0 Å². The predicted octanol–water partition coefficient (Wildman–Crippen LogP) is 1.06. The number of hydrogen-bond donors (Lipinski definition) is 0. The first-order valence-corrected chi connectivity index (χ1v) is 8.26. The van der Waals surface area contributed by atoms with E-state index in [-0.39, 0.29) is 0 Å². The Morgan fingerprint density at radius 3 is 2.10 bits per heavy atom. The molecule has 3 nitrogen and oxygen atoms in total. The van der Waals surface area contributed by atoms with Gasteiger partial charge in [-0.25, -0.2) is 0 Å². The Balaban J connectivity index is 3.54. The molecule has 0 fully saturated rings. The van der Waals surface area contributed by atoms with E-state index in [0.29, 0.717) is 15.5 Å². The number of hydrogen-bond acceptors (Lipinski definition) is 3. The Kier molecular flexibility index (Phi) is 6.67. The zero-order chi connectivity index (χ0) is 7.82. The van der Waals surface area contributed by atoms with E-state index in [9.17, 15) is 0 Å². The summed E-state index contributed by atoms with van der Waals surface area (Å²) < 4.78 is 6.28. The second-order valence-electron chi connectivity index (χ2n) is 1.64. The molecule has 0 unspecified atom stereocenters. The Hall–Kier alpha value is -0.261. The maximum absolute atomic E-state index is 8.30. The van der Waals surface area contributed by atoms with Crippen LogP contribution in [0.25, 0.3) is 0 Å². The van der Waals surface area contributed by atoms with Gasteiger partial charge < -0.3 is 0 Å². The number of nitriles is 2. The second kappa shape index (κ2) is 6.85. The van der Waals surface area contributed by atoms with Gasteiger partial charge in [-0.15, -0.1) is 0 Å². The van der Waals surface area contributed by atoms with Crippen LogP contribution in [0.1, 0.15) is 6.92 Å². The maximum atomic E-state index is 8.30. The summed E-state index contributed by atoms with van der Waals surface area (Å²) in [6, 6.07) is 4.10. The summed E-state index contributed by atoms with van der Waals surface area (Å²) in [6.45, 7) is 2.55. The van der Waals surface area contributed by atoms with Crippen molar-refractivity contribution < 1.29 is 3.07 Å². The third kappa shape index (κ3) is 4.60. The van der Waals surface area contributed by atoms with E-state index in [4.69, 9.17) is 13.6 Å². The predicted molar refractivity (Wildman–Crippen MR) is 38.2 cm³/mol. The van der Waals surface area contributed by atoms with Crippen LogP contribution in [0, 0.1) is 22.7 Å². The second-order valence-corrected chi connectivity index (χ2v) is 7.56. The van der Waals surface area contributed by atoms with Crippen LogP contribution in [0.3, 0.4) is 0 Å². The fraction of sp³-hybridized carbons (Fsp3) is 0.667. The zero-order valence-corrected chi connectivity index (χ0v) is 8.78. The van der Waals surface area contributed by atoms with Crippen LogP contribution >= 0.6 is 0 Å². The van der Waals surface area contributed by atoms with Crippen LogP contribution in [0.4, 0.5) is 0 Å². The van der Waals surface area contributed by atoms with Gasteiger partial charge in [0, 0.05) is 0 Å². The van der Waals surface area contributed by atoms with Crippen molar-refractivity contribution in [2.45, 2.75) is 15.8 Å². The number of rotatable bonds is 4. The van der Waals surface area contributed by atoms with Crippen molar-refractivity contribution in [3.8, 4) is 12.1 Å². The van der Waals surface area contributed by atoms with E-state index in [1.165, 1.54) is 0 Å². The van der Waals surface area contributed by atoms with Crippen LogP contribution in [0.5, 0.6) is 0 Å². The minimum absolute atomic E-state index is 0.504. The van der Waals surface area contributed by atoms with Crippen molar-refractivity contribution in [2.24, 2.45) is 0 Å². The standard InChI is InChI=1S/2C2H2N.C2H5O.Sn/c3*1-2-3;/h2*1H2;2H2,1H3;/q;;-1;+1. The average molecular weight is 244 g/mol. The van der Waals surface area contributed by atoms with Crippen LogP contribution in [-0.2, 0) is 3.07 Å². The summed E-state index contributed by atoms with van der Waals surface area (Å²) in [6.07, 6.45) is 0. The first kappa shape index (κ1) is 9.74. The van der Waals surface area contributed by atoms with Gasteiger partial charge in [-0.3, -0.25) is 0 Å². The molecule has 0 N–H and O–H groups in total. The summed E-state index contributed by atoms with van der Waals surface area (Å²) in [5.74, 6) is 0. The fourth-order valence-corrected chi connectivity index (χ4v) is 3.66. The normalized spacial score (nSPS) is 8.80. The van der Waals surface area contributed by atoms with Crippen molar-refractivity contribution >= 4 is 20.2 Å². The molecule has 0 saturated carbocycles. The zero-order valence-electron chi connectivity index (χ0n) is 5.92. The number of nitrogens with zero attached hydrogens (tertiary/aromatic N) is 2. The monoisotopic (exact) mass is 245 g/mol. The molecule has 0 spiro atoms. The summed E-state index contributed by atoms with van der Waals surface area (Å²) in [7, 11) is 0. The van der Waals surface area contributed by atoms with E-state index in [1.54, 1.807) is 0 Å². The van der Waals surface area contributed by atoms with Crippen molar-refractivity contribution in [3.05, 3.63) is 0 Å². The molecule has 0 atom stereocenters. The summed E-state index contributed by atoms with van der Waals surface area (Å²) >= 11 is -1.98. The van der Waals surface area contributed by atoms with E-state index in [1.807, 2.05) is 19.1 Å². The fourth-order valence-electron chi connectivity index (χ4n) is 0.545. The first-order chi connectivity index (χ1) is 4.85. The average Bonchev–Trinajstić information content (AvgIpc) is 1.90. The van der Waals surface area contributed by atoms with Crippen molar-refractivity contribution in [3.63, 3.8) is 0 Å². The van der Waals surface area contributed by atoms with Gasteiger partial charge >= 0.3 is 68.3 Å². The molecule has 10 heavy (non-hydrogen) atoms. The molecule has 0 saturated heterocycles.